The van der Waals surface area contributed by atoms with Crippen molar-refractivity contribution in [2.45, 2.75) is 19.4 Å². The third kappa shape index (κ3) is 3.73. The third-order valence-electron chi connectivity index (χ3n) is 4.55. The number of thiophene rings is 1. The van der Waals surface area contributed by atoms with E-state index < -0.39 is 4.92 Å². The summed E-state index contributed by atoms with van der Waals surface area (Å²) in [5, 5.41) is 18.8. The number of pyridine rings is 1. The van der Waals surface area contributed by atoms with Crippen LogP contribution >= 0.6 is 22.7 Å². The molecule has 0 bridgehead atoms. The summed E-state index contributed by atoms with van der Waals surface area (Å²) in [5.41, 5.74) is 1.75. The normalized spacial score (nSPS) is 16.3. The Balaban J connectivity index is 1.41. The molecule has 3 aromatic rings. The zero-order valence-electron chi connectivity index (χ0n) is 15.0. The van der Waals surface area contributed by atoms with E-state index in [9.17, 15) is 14.9 Å². The number of anilines is 1. The summed E-state index contributed by atoms with van der Waals surface area (Å²) in [6.07, 6.45) is 2.02. The average Bonchev–Trinajstić information content (AvgIpc) is 3.42. The number of amides is 1. The van der Waals surface area contributed by atoms with E-state index in [-0.39, 0.29) is 17.6 Å². The van der Waals surface area contributed by atoms with Gasteiger partial charge in [0.2, 0.25) is 0 Å². The topological polar surface area (TPSA) is 101 Å². The highest BCUT2D eigenvalue weighted by molar-refractivity contribution is 7.17. The fraction of sp³-hybridized carbons (Fsp3) is 0.278. The number of nitro groups is 1. The maximum Gasteiger partial charge on any atom is 0.287 e. The first kappa shape index (κ1) is 18.5. The number of rotatable bonds is 5. The lowest BCUT2D eigenvalue weighted by Crippen LogP contribution is -2.31. The summed E-state index contributed by atoms with van der Waals surface area (Å²) in [6, 6.07) is 5.06. The Morgan fingerprint density at radius 1 is 1.39 bits per heavy atom. The molecule has 1 fully saturated rings. The quantitative estimate of drug-likeness (QED) is 0.502. The second-order valence-electron chi connectivity index (χ2n) is 6.49. The molecule has 1 amide bonds. The number of thiazole rings is 1. The highest BCUT2D eigenvalue weighted by Crippen LogP contribution is 2.31. The molecule has 0 saturated carbocycles. The molecule has 1 N–H and O–H groups in total. The SMILES string of the molecule is Cc1nc(-c2ccsc2)sc1C(=O)N1CCC(Nc2ccc([N+](=O)[O-])cn2)C1. The molecule has 3 aromatic heterocycles. The van der Waals surface area contributed by atoms with Crippen LogP contribution in [-0.2, 0) is 0 Å². The molecule has 1 saturated heterocycles. The van der Waals surface area contributed by atoms with Gasteiger partial charge in [-0.1, -0.05) is 0 Å². The lowest BCUT2D eigenvalue weighted by molar-refractivity contribution is -0.385. The van der Waals surface area contributed by atoms with Gasteiger partial charge in [0.1, 0.15) is 21.9 Å². The van der Waals surface area contributed by atoms with Gasteiger partial charge >= 0.3 is 0 Å². The van der Waals surface area contributed by atoms with Gasteiger partial charge in [0.15, 0.2) is 0 Å². The van der Waals surface area contributed by atoms with Crippen molar-refractivity contribution in [2.24, 2.45) is 0 Å². The number of aromatic nitrogens is 2. The van der Waals surface area contributed by atoms with Crippen molar-refractivity contribution in [1.29, 1.82) is 0 Å². The molecule has 1 aliphatic rings. The van der Waals surface area contributed by atoms with Crippen LogP contribution in [0.1, 0.15) is 21.8 Å². The van der Waals surface area contributed by atoms with Gasteiger partial charge in [-0.3, -0.25) is 14.9 Å². The molecule has 8 nitrogen and oxygen atoms in total. The lowest BCUT2D eigenvalue weighted by Gasteiger charge is -2.16. The van der Waals surface area contributed by atoms with Crippen LogP contribution in [0.4, 0.5) is 11.5 Å². The van der Waals surface area contributed by atoms with E-state index in [0.717, 1.165) is 22.7 Å². The number of likely N-dealkylation sites (tertiary alicyclic amines) is 1. The predicted molar refractivity (Wildman–Crippen MR) is 109 cm³/mol. The summed E-state index contributed by atoms with van der Waals surface area (Å²) in [6.45, 7) is 3.07. The van der Waals surface area contributed by atoms with Gasteiger partial charge in [0, 0.05) is 36.1 Å². The molecular weight excluding hydrogens is 398 g/mol. The maximum atomic E-state index is 12.9. The third-order valence-corrected chi connectivity index (χ3v) is 6.42. The molecule has 4 heterocycles. The van der Waals surface area contributed by atoms with Gasteiger partial charge in [-0.15, -0.1) is 11.3 Å². The van der Waals surface area contributed by atoms with Gasteiger partial charge in [0.25, 0.3) is 11.6 Å². The Morgan fingerprint density at radius 3 is 2.93 bits per heavy atom. The summed E-state index contributed by atoms with van der Waals surface area (Å²) >= 11 is 3.04. The molecule has 0 radical (unpaired) electrons. The summed E-state index contributed by atoms with van der Waals surface area (Å²) in [5.74, 6) is 0.566. The molecule has 28 heavy (non-hydrogen) atoms. The number of carbonyl (C=O) groups is 1. The van der Waals surface area contributed by atoms with Gasteiger partial charge in [-0.05, 0) is 30.9 Å². The molecule has 144 valence electrons. The fourth-order valence-corrected chi connectivity index (χ4v) is 4.84. The number of carbonyl (C=O) groups excluding carboxylic acids is 1. The molecule has 0 aliphatic carbocycles. The number of aryl methyl sites for hydroxylation is 1. The molecule has 4 rings (SSSR count). The second kappa shape index (κ2) is 7.64. The van der Waals surface area contributed by atoms with E-state index in [1.807, 2.05) is 28.7 Å². The number of nitrogens with one attached hydrogen (secondary N) is 1. The van der Waals surface area contributed by atoms with E-state index in [1.54, 1.807) is 17.4 Å². The Kier molecular flexibility index (Phi) is 5.05. The highest BCUT2D eigenvalue weighted by Gasteiger charge is 2.29. The predicted octanol–water partition coefficient (Wildman–Crippen LogP) is 3.81. The van der Waals surface area contributed by atoms with Crippen molar-refractivity contribution in [1.82, 2.24) is 14.9 Å². The Labute approximate surface area is 169 Å². The monoisotopic (exact) mass is 415 g/mol. The van der Waals surface area contributed by atoms with Crippen LogP contribution in [0.2, 0.25) is 0 Å². The molecule has 10 heteroatoms. The highest BCUT2D eigenvalue weighted by atomic mass is 32.1. The van der Waals surface area contributed by atoms with Gasteiger partial charge in [0.05, 0.1) is 10.6 Å². The minimum atomic E-state index is -0.478. The lowest BCUT2D eigenvalue weighted by atomic mass is 10.2. The zero-order valence-corrected chi connectivity index (χ0v) is 16.6. The fourth-order valence-electron chi connectivity index (χ4n) is 3.10. The maximum absolute atomic E-state index is 12.9. The van der Waals surface area contributed by atoms with E-state index in [0.29, 0.717) is 23.8 Å². The Hall–Kier alpha value is -2.85. The van der Waals surface area contributed by atoms with Crippen LogP contribution < -0.4 is 5.32 Å². The molecule has 0 aromatic carbocycles. The van der Waals surface area contributed by atoms with Gasteiger partial charge < -0.3 is 10.2 Å². The van der Waals surface area contributed by atoms with Gasteiger partial charge in [-0.2, -0.15) is 11.3 Å². The smallest absolute Gasteiger partial charge is 0.287 e. The summed E-state index contributed by atoms with van der Waals surface area (Å²) in [7, 11) is 0. The minimum Gasteiger partial charge on any atom is -0.365 e. The van der Waals surface area contributed by atoms with E-state index in [1.165, 1.54) is 23.6 Å². The van der Waals surface area contributed by atoms with Crippen LogP contribution in [-0.4, -0.2) is 44.8 Å². The van der Waals surface area contributed by atoms with Crippen molar-refractivity contribution in [2.75, 3.05) is 18.4 Å². The first-order valence-electron chi connectivity index (χ1n) is 8.67. The van der Waals surface area contributed by atoms with Crippen LogP contribution in [0, 0.1) is 17.0 Å². The van der Waals surface area contributed by atoms with E-state index >= 15 is 0 Å². The second-order valence-corrected chi connectivity index (χ2v) is 8.26. The zero-order chi connectivity index (χ0) is 19.7. The van der Waals surface area contributed by atoms with Crippen LogP contribution in [0.3, 0.4) is 0 Å². The summed E-state index contributed by atoms with van der Waals surface area (Å²) < 4.78 is 0. The molecule has 0 spiro atoms. The first-order valence-corrected chi connectivity index (χ1v) is 10.4. The number of hydrogen-bond acceptors (Lipinski definition) is 8. The van der Waals surface area contributed by atoms with E-state index in [2.05, 4.69) is 15.3 Å². The molecule has 1 unspecified atom stereocenters. The largest absolute Gasteiger partial charge is 0.365 e. The van der Waals surface area contributed by atoms with Crippen LogP contribution in [0.5, 0.6) is 0 Å². The summed E-state index contributed by atoms with van der Waals surface area (Å²) in [4.78, 5) is 34.3. The first-order chi connectivity index (χ1) is 13.5. The van der Waals surface area contributed by atoms with Crippen molar-refractivity contribution < 1.29 is 9.72 Å². The standard InChI is InChI=1S/C18H17N5O3S2/c1-11-16(28-17(20-11)12-5-7-27-10-12)18(24)22-6-4-13(9-22)21-15-3-2-14(8-19-15)23(25)26/h2-3,5,7-8,10,13H,4,6,9H2,1H3,(H,19,21). The van der Waals surface area contributed by atoms with Gasteiger partial charge in [-0.25, -0.2) is 9.97 Å². The van der Waals surface area contributed by atoms with Crippen LogP contribution in [0.15, 0.2) is 35.2 Å². The van der Waals surface area contributed by atoms with Crippen molar-refractivity contribution in [3.63, 3.8) is 0 Å². The van der Waals surface area contributed by atoms with E-state index in [4.69, 9.17) is 0 Å². The Morgan fingerprint density at radius 2 is 2.25 bits per heavy atom. The molecular formula is C18H17N5O3S2. The van der Waals surface area contributed by atoms with Crippen molar-refractivity contribution in [3.05, 3.63) is 55.8 Å². The van der Waals surface area contributed by atoms with Crippen molar-refractivity contribution >= 4 is 40.1 Å². The van der Waals surface area contributed by atoms with Crippen LogP contribution in [0.25, 0.3) is 10.6 Å². The molecule has 1 aliphatic heterocycles. The van der Waals surface area contributed by atoms with Crippen molar-refractivity contribution in [3.8, 4) is 10.6 Å². The average molecular weight is 416 g/mol. The minimum absolute atomic E-state index is 0.00237. The molecule has 1 atom stereocenters. The number of hydrogen-bond donors (Lipinski definition) is 1. The number of nitrogens with zero attached hydrogens (tertiary/aromatic N) is 4. The Bertz CT molecular complexity index is 1000.